The number of ether oxygens (including phenoxy) is 2. The van der Waals surface area contributed by atoms with E-state index in [0.717, 1.165) is 44.7 Å². The first-order valence-electron chi connectivity index (χ1n) is 8.56. The Morgan fingerprint density at radius 2 is 1.65 bits per heavy atom. The molecule has 0 saturated carbocycles. The van der Waals surface area contributed by atoms with Crippen molar-refractivity contribution in [3.63, 3.8) is 0 Å². The molecule has 0 N–H and O–H groups in total. The van der Waals surface area contributed by atoms with Gasteiger partial charge in [-0.15, -0.1) is 0 Å². The third-order valence-corrected chi connectivity index (χ3v) is 4.40. The lowest BCUT2D eigenvalue weighted by molar-refractivity contribution is 0.340. The summed E-state index contributed by atoms with van der Waals surface area (Å²) in [5, 5.41) is 6.15. The minimum Gasteiger partial charge on any atom is -0.496 e. The second-order valence-corrected chi connectivity index (χ2v) is 5.89. The van der Waals surface area contributed by atoms with Gasteiger partial charge in [-0.25, -0.2) is 0 Å². The molecule has 0 saturated heterocycles. The molecule has 1 aromatic heterocycles. The fourth-order valence-electron chi connectivity index (χ4n) is 3.18. The summed E-state index contributed by atoms with van der Waals surface area (Å²) in [7, 11) is 1.68. The number of hydrogen-bond acceptors (Lipinski definition) is 4. The highest BCUT2D eigenvalue weighted by Gasteiger charge is 2.16. The molecule has 26 heavy (non-hydrogen) atoms. The second-order valence-electron chi connectivity index (χ2n) is 5.89. The van der Waals surface area contributed by atoms with E-state index in [0.29, 0.717) is 6.61 Å². The molecule has 0 bridgehead atoms. The molecular formula is C22H19NO3. The van der Waals surface area contributed by atoms with E-state index in [1.807, 2.05) is 61.5 Å². The molecule has 0 aliphatic heterocycles. The van der Waals surface area contributed by atoms with Crippen LogP contribution >= 0.6 is 0 Å². The van der Waals surface area contributed by atoms with Gasteiger partial charge in [0.25, 0.3) is 0 Å². The van der Waals surface area contributed by atoms with Crippen molar-refractivity contribution in [2.45, 2.75) is 6.92 Å². The summed E-state index contributed by atoms with van der Waals surface area (Å²) < 4.78 is 16.7. The standard InChI is InChI=1S/C22H19NO3/c1-3-25-16-10-8-15(9-11-16)20-14-23-26-22(20)19-12-13-21(24-2)18-7-5-4-6-17(18)19/h4-14H,3H2,1-2H3. The fourth-order valence-corrected chi connectivity index (χ4v) is 3.18. The molecule has 0 radical (unpaired) electrons. The van der Waals surface area contributed by atoms with Crippen LogP contribution < -0.4 is 9.47 Å². The van der Waals surface area contributed by atoms with Gasteiger partial charge in [0.15, 0.2) is 5.76 Å². The summed E-state index contributed by atoms with van der Waals surface area (Å²) in [6.45, 7) is 2.62. The minimum absolute atomic E-state index is 0.649. The lowest BCUT2D eigenvalue weighted by Gasteiger charge is -2.10. The average molecular weight is 345 g/mol. The number of methoxy groups -OCH3 is 1. The van der Waals surface area contributed by atoms with Gasteiger partial charge in [0.1, 0.15) is 11.5 Å². The zero-order valence-corrected chi connectivity index (χ0v) is 14.7. The molecule has 0 spiro atoms. The molecule has 0 amide bonds. The monoisotopic (exact) mass is 345 g/mol. The van der Waals surface area contributed by atoms with E-state index >= 15 is 0 Å². The summed E-state index contributed by atoms with van der Waals surface area (Å²) in [4.78, 5) is 0. The first-order valence-corrected chi connectivity index (χ1v) is 8.56. The van der Waals surface area contributed by atoms with Crippen LogP contribution in [-0.4, -0.2) is 18.9 Å². The van der Waals surface area contributed by atoms with Crippen molar-refractivity contribution >= 4 is 10.8 Å². The predicted octanol–water partition coefficient (Wildman–Crippen LogP) is 5.57. The normalized spacial score (nSPS) is 10.8. The lowest BCUT2D eigenvalue weighted by atomic mass is 9.97. The molecule has 0 atom stereocenters. The molecule has 0 unspecified atom stereocenters. The van der Waals surface area contributed by atoms with E-state index in [4.69, 9.17) is 14.0 Å². The number of hydrogen-bond donors (Lipinski definition) is 0. The maximum absolute atomic E-state index is 5.64. The third-order valence-electron chi connectivity index (χ3n) is 4.40. The van der Waals surface area contributed by atoms with E-state index < -0.39 is 0 Å². The van der Waals surface area contributed by atoms with Crippen LogP contribution in [0.5, 0.6) is 11.5 Å². The molecule has 4 aromatic rings. The molecule has 3 aromatic carbocycles. The summed E-state index contributed by atoms with van der Waals surface area (Å²) >= 11 is 0. The molecule has 4 nitrogen and oxygen atoms in total. The number of nitrogens with zero attached hydrogens (tertiary/aromatic N) is 1. The van der Waals surface area contributed by atoms with Crippen LogP contribution in [-0.2, 0) is 0 Å². The van der Waals surface area contributed by atoms with Gasteiger partial charge in [-0.05, 0) is 42.1 Å². The Kier molecular flexibility index (Phi) is 4.32. The van der Waals surface area contributed by atoms with Crippen molar-refractivity contribution in [1.29, 1.82) is 0 Å². The first kappa shape index (κ1) is 16.2. The molecule has 0 aliphatic rings. The first-order chi connectivity index (χ1) is 12.8. The van der Waals surface area contributed by atoms with Crippen molar-refractivity contribution in [1.82, 2.24) is 5.16 Å². The van der Waals surface area contributed by atoms with E-state index in [9.17, 15) is 0 Å². The molecular weight excluding hydrogens is 326 g/mol. The molecule has 4 heteroatoms. The van der Waals surface area contributed by atoms with E-state index in [2.05, 4.69) is 11.2 Å². The Morgan fingerprint density at radius 1 is 0.885 bits per heavy atom. The molecule has 0 aliphatic carbocycles. The zero-order valence-electron chi connectivity index (χ0n) is 14.7. The largest absolute Gasteiger partial charge is 0.496 e. The Morgan fingerprint density at radius 3 is 2.38 bits per heavy atom. The maximum Gasteiger partial charge on any atom is 0.175 e. The van der Waals surface area contributed by atoms with E-state index in [1.165, 1.54) is 0 Å². The smallest absolute Gasteiger partial charge is 0.175 e. The van der Waals surface area contributed by atoms with Crippen LogP contribution in [0.3, 0.4) is 0 Å². The molecule has 130 valence electrons. The summed E-state index contributed by atoms with van der Waals surface area (Å²) in [5.41, 5.74) is 2.97. The van der Waals surface area contributed by atoms with E-state index in [-0.39, 0.29) is 0 Å². The fraction of sp³-hybridized carbons (Fsp3) is 0.136. The highest BCUT2D eigenvalue weighted by molar-refractivity contribution is 6.01. The van der Waals surface area contributed by atoms with Gasteiger partial charge < -0.3 is 14.0 Å². The number of benzene rings is 3. The Balaban J connectivity index is 1.84. The number of fused-ring (bicyclic) bond motifs is 1. The third kappa shape index (κ3) is 2.80. The van der Waals surface area contributed by atoms with Crippen LogP contribution in [0.4, 0.5) is 0 Å². The molecule has 0 fully saturated rings. The van der Waals surface area contributed by atoms with Crippen LogP contribution in [0, 0.1) is 0 Å². The quantitative estimate of drug-likeness (QED) is 0.474. The van der Waals surface area contributed by atoms with Gasteiger partial charge in [-0.3, -0.25) is 0 Å². The van der Waals surface area contributed by atoms with Crippen molar-refractivity contribution in [2.24, 2.45) is 0 Å². The van der Waals surface area contributed by atoms with Crippen molar-refractivity contribution in [2.75, 3.05) is 13.7 Å². The van der Waals surface area contributed by atoms with Crippen LogP contribution in [0.15, 0.2) is 71.4 Å². The lowest BCUT2D eigenvalue weighted by Crippen LogP contribution is -1.91. The highest BCUT2D eigenvalue weighted by atomic mass is 16.5. The average Bonchev–Trinajstić information content (AvgIpc) is 3.17. The van der Waals surface area contributed by atoms with Crippen molar-refractivity contribution in [3.05, 3.63) is 66.9 Å². The van der Waals surface area contributed by atoms with Crippen LogP contribution in [0.2, 0.25) is 0 Å². The highest BCUT2D eigenvalue weighted by Crippen LogP contribution is 2.39. The van der Waals surface area contributed by atoms with Crippen molar-refractivity contribution in [3.8, 4) is 33.9 Å². The zero-order chi connectivity index (χ0) is 17.9. The Hall–Kier alpha value is -3.27. The number of rotatable bonds is 5. The Bertz CT molecular complexity index is 1030. The Labute approximate surface area is 152 Å². The minimum atomic E-state index is 0.649. The topological polar surface area (TPSA) is 44.5 Å². The summed E-state index contributed by atoms with van der Waals surface area (Å²) in [5.74, 6) is 2.43. The van der Waals surface area contributed by atoms with Gasteiger partial charge in [-0.2, -0.15) is 0 Å². The van der Waals surface area contributed by atoms with Gasteiger partial charge >= 0.3 is 0 Å². The number of aromatic nitrogens is 1. The molecule has 1 heterocycles. The maximum atomic E-state index is 5.64. The predicted molar refractivity (Wildman–Crippen MR) is 103 cm³/mol. The van der Waals surface area contributed by atoms with E-state index in [1.54, 1.807) is 13.3 Å². The van der Waals surface area contributed by atoms with Gasteiger partial charge in [-0.1, -0.05) is 41.6 Å². The SMILES string of the molecule is CCOc1ccc(-c2cnoc2-c2ccc(OC)c3ccccc23)cc1. The summed E-state index contributed by atoms with van der Waals surface area (Å²) in [6.07, 6.45) is 1.75. The van der Waals surface area contributed by atoms with Gasteiger partial charge in [0.05, 0.1) is 19.9 Å². The second kappa shape index (κ2) is 6.92. The van der Waals surface area contributed by atoms with Crippen molar-refractivity contribution < 1.29 is 14.0 Å². The summed E-state index contributed by atoms with van der Waals surface area (Å²) in [6, 6.07) is 20.1. The van der Waals surface area contributed by atoms with Gasteiger partial charge in [0, 0.05) is 16.5 Å². The molecule has 4 rings (SSSR count). The van der Waals surface area contributed by atoms with Gasteiger partial charge in [0.2, 0.25) is 0 Å². The van der Waals surface area contributed by atoms with Crippen LogP contribution in [0.1, 0.15) is 6.92 Å². The van der Waals surface area contributed by atoms with Crippen LogP contribution in [0.25, 0.3) is 33.2 Å².